The highest BCUT2D eigenvalue weighted by molar-refractivity contribution is 5.90. The molecule has 1 N–H and O–H groups in total. The van der Waals surface area contributed by atoms with Gasteiger partial charge in [0.05, 0.1) is 5.56 Å². The van der Waals surface area contributed by atoms with E-state index in [-0.39, 0.29) is 17.9 Å². The molecule has 2 aromatic rings. The van der Waals surface area contributed by atoms with Gasteiger partial charge in [0.25, 0.3) is 0 Å². The third kappa shape index (κ3) is 6.91. The zero-order chi connectivity index (χ0) is 24.0. The summed E-state index contributed by atoms with van der Waals surface area (Å²) in [7, 11) is 1.93. The van der Waals surface area contributed by atoms with Crippen molar-refractivity contribution in [3.63, 3.8) is 0 Å². The van der Waals surface area contributed by atoms with Gasteiger partial charge in [-0.1, -0.05) is 36.4 Å². The Morgan fingerprint density at radius 3 is 2.27 bits per heavy atom. The van der Waals surface area contributed by atoms with Gasteiger partial charge < -0.3 is 15.0 Å². The summed E-state index contributed by atoms with van der Waals surface area (Å²) >= 11 is 0. The zero-order valence-corrected chi connectivity index (χ0v) is 20.7. The number of nitrogens with one attached hydrogen (secondary N) is 1. The molecule has 1 amide bonds. The highest BCUT2D eigenvalue weighted by Gasteiger charge is 2.29. The van der Waals surface area contributed by atoms with Crippen LogP contribution in [0.3, 0.4) is 0 Å². The third-order valence-corrected chi connectivity index (χ3v) is 6.32. The van der Waals surface area contributed by atoms with E-state index < -0.39 is 5.60 Å². The Morgan fingerprint density at radius 1 is 1.03 bits per heavy atom. The topological polar surface area (TPSA) is 58.6 Å². The second-order valence-corrected chi connectivity index (χ2v) is 10.1. The number of nitrogens with zero attached hydrogens (tertiary/aromatic N) is 1. The van der Waals surface area contributed by atoms with Crippen LogP contribution in [0.15, 0.2) is 48.5 Å². The highest BCUT2D eigenvalue weighted by Crippen LogP contribution is 2.37. The fourth-order valence-corrected chi connectivity index (χ4v) is 4.79. The molecule has 1 aliphatic rings. The van der Waals surface area contributed by atoms with Crippen molar-refractivity contribution in [2.24, 2.45) is 0 Å². The largest absolute Gasteiger partial charge is 0.456 e. The molecule has 0 aliphatic heterocycles. The molecule has 178 valence electrons. The van der Waals surface area contributed by atoms with Gasteiger partial charge in [-0.3, -0.25) is 4.79 Å². The molecule has 0 unspecified atom stereocenters. The Hall–Kier alpha value is -2.66. The Bertz CT molecular complexity index is 941. The molecule has 1 saturated carbocycles. The monoisotopic (exact) mass is 450 g/mol. The average Bonchev–Trinajstić information content (AvgIpc) is 2.77. The van der Waals surface area contributed by atoms with Gasteiger partial charge in [-0.05, 0) is 88.2 Å². The first-order valence-corrected chi connectivity index (χ1v) is 12.0. The van der Waals surface area contributed by atoms with Crippen molar-refractivity contribution in [2.45, 2.75) is 84.0 Å². The minimum Gasteiger partial charge on any atom is -0.456 e. The molecule has 0 bridgehead atoms. The summed E-state index contributed by atoms with van der Waals surface area (Å²) in [6.45, 7) is 8.70. The van der Waals surface area contributed by atoms with E-state index in [9.17, 15) is 9.59 Å². The number of benzene rings is 2. The van der Waals surface area contributed by atoms with Gasteiger partial charge in [0.1, 0.15) is 5.60 Å². The number of ether oxygens (including phenoxy) is 1. The third-order valence-electron chi connectivity index (χ3n) is 6.32. The lowest BCUT2D eigenvalue weighted by Gasteiger charge is -2.37. The van der Waals surface area contributed by atoms with Crippen LogP contribution in [0.4, 0.5) is 0 Å². The van der Waals surface area contributed by atoms with Crippen molar-refractivity contribution in [1.29, 1.82) is 0 Å². The van der Waals surface area contributed by atoms with E-state index in [2.05, 4.69) is 23.5 Å². The molecule has 0 heterocycles. The van der Waals surface area contributed by atoms with Crippen molar-refractivity contribution in [3.05, 3.63) is 70.8 Å². The molecule has 0 atom stereocenters. The summed E-state index contributed by atoms with van der Waals surface area (Å²) in [5.41, 5.74) is 3.70. The molecule has 0 aromatic heterocycles. The summed E-state index contributed by atoms with van der Waals surface area (Å²) < 4.78 is 5.56. The van der Waals surface area contributed by atoms with Crippen LogP contribution in [0.25, 0.3) is 0 Å². The number of hydrogen-bond acceptors (Lipinski definition) is 4. The van der Waals surface area contributed by atoms with Gasteiger partial charge in [-0.25, -0.2) is 4.79 Å². The van der Waals surface area contributed by atoms with Gasteiger partial charge in [0, 0.05) is 26.1 Å². The maximum atomic E-state index is 12.6. The summed E-state index contributed by atoms with van der Waals surface area (Å²) in [5, 5.41) is 3.24. The zero-order valence-electron chi connectivity index (χ0n) is 20.7. The summed E-state index contributed by atoms with van der Waals surface area (Å²) in [5.74, 6) is 0.288. The van der Waals surface area contributed by atoms with Crippen LogP contribution >= 0.6 is 0 Å². The van der Waals surface area contributed by atoms with Gasteiger partial charge in [0.2, 0.25) is 5.91 Å². The van der Waals surface area contributed by atoms with Crippen molar-refractivity contribution < 1.29 is 14.3 Å². The maximum Gasteiger partial charge on any atom is 0.338 e. The van der Waals surface area contributed by atoms with E-state index in [1.54, 1.807) is 6.92 Å². The molecule has 2 aromatic carbocycles. The SMILES string of the molecule is CNCc1cc(C(=O)OC(C)(C)C)ccc1C1CCC(N(Cc2ccccc2)C(C)=O)CC1. The van der Waals surface area contributed by atoms with Crippen molar-refractivity contribution in [1.82, 2.24) is 10.2 Å². The molecule has 1 fully saturated rings. The van der Waals surface area contributed by atoms with E-state index in [0.29, 0.717) is 24.6 Å². The fraction of sp³-hybridized carbons (Fsp3) is 0.500. The molecule has 33 heavy (non-hydrogen) atoms. The van der Waals surface area contributed by atoms with E-state index in [1.165, 1.54) is 11.1 Å². The van der Waals surface area contributed by atoms with Crippen molar-refractivity contribution in [2.75, 3.05) is 7.05 Å². The van der Waals surface area contributed by atoms with Gasteiger partial charge in [0.15, 0.2) is 0 Å². The predicted molar refractivity (Wildman–Crippen MR) is 132 cm³/mol. The lowest BCUT2D eigenvalue weighted by atomic mass is 9.79. The van der Waals surface area contributed by atoms with Crippen LogP contribution in [0.1, 0.15) is 86.3 Å². The number of amides is 1. The van der Waals surface area contributed by atoms with Crippen LogP contribution in [0, 0.1) is 0 Å². The standard InChI is InChI=1S/C28H38N2O3/c1-20(31)30(19-21-9-7-6-8-10-21)25-14-11-22(12-15-25)26-16-13-23(17-24(26)18-29-5)27(32)33-28(2,3)4/h6-10,13,16-17,22,25,29H,11-12,14-15,18-19H2,1-5H3. The first-order chi connectivity index (χ1) is 15.7. The highest BCUT2D eigenvalue weighted by atomic mass is 16.6. The van der Waals surface area contributed by atoms with Crippen molar-refractivity contribution in [3.8, 4) is 0 Å². The first-order valence-electron chi connectivity index (χ1n) is 12.0. The number of hydrogen-bond donors (Lipinski definition) is 1. The van der Waals surface area contributed by atoms with Gasteiger partial charge in [-0.15, -0.1) is 0 Å². The lowest BCUT2D eigenvalue weighted by molar-refractivity contribution is -0.132. The van der Waals surface area contributed by atoms with Crippen LogP contribution in [0.2, 0.25) is 0 Å². The lowest BCUT2D eigenvalue weighted by Crippen LogP contribution is -2.40. The second kappa shape index (κ2) is 11.0. The van der Waals surface area contributed by atoms with E-state index in [0.717, 1.165) is 31.2 Å². The normalized spacial score (nSPS) is 18.6. The minimum atomic E-state index is -0.514. The molecule has 0 spiro atoms. The molecule has 1 aliphatic carbocycles. The molecular weight excluding hydrogens is 412 g/mol. The summed E-state index contributed by atoms with van der Waals surface area (Å²) in [6.07, 6.45) is 4.05. The minimum absolute atomic E-state index is 0.139. The smallest absolute Gasteiger partial charge is 0.338 e. The van der Waals surface area contributed by atoms with Gasteiger partial charge in [-0.2, -0.15) is 0 Å². The summed E-state index contributed by atoms with van der Waals surface area (Å²) in [6, 6.07) is 16.5. The van der Waals surface area contributed by atoms with Crippen molar-refractivity contribution >= 4 is 11.9 Å². The van der Waals surface area contributed by atoms with Crippen LogP contribution in [0.5, 0.6) is 0 Å². The van der Waals surface area contributed by atoms with E-state index in [4.69, 9.17) is 4.74 Å². The Kier molecular flexibility index (Phi) is 8.30. The Balaban J connectivity index is 1.71. The Morgan fingerprint density at radius 2 is 1.70 bits per heavy atom. The molecule has 3 rings (SSSR count). The van der Waals surface area contributed by atoms with Gasteiger partial charge >= 0.3 is 5.97 Å². The number of rotatable bonds is 7. The second-order valence-electron chi connectivity index (χ2n) is 10.1. The van der Waals surface area contributed by atoms with Crippen LogP contribution in [-0.2, 0) is 22.6 Å². The number of esters is 1. The molecule has 5 heteroatoms. The van der Waals surface area contributed by atoms with Crippen LogP contribution < -0.4 is 5.32 Å². The first kappa shape index (κ1) is 25.0. The quantitative estimate of drug-likeness (QED) is 0.571. The fourth-order valence-electron chi connectivity index (χ4n) is 4.79. The number of carbonyl (C=O) groups is 2. The Labute approximate surface area is 198 Å². The van der Waals surface area contributed by atoms with E-state index >= 15 is 0 Å². The maximum absolute atomic E-state index is 12.6. The molecule has 0 saturated heterocycles. The molecular formula is C28H38N2O3. The predicted octanol–water partition coefficient (Wildman–Crippen LogP) is 5.44. The van der Waals surface area contributed by atoms with E-state index in [1.807, 2.05) is 63.1 Å². The molecule has 0 radical (unpaired) electrons. The average molecular weight is 451 g/mol. The summed E-state index contributed by atoms with van der Waals surface area (Å²) in [4.78, 5) is 27.0. The number of carbonyl (C=O) groups excluding carboxylic acids is 2. The van der Waals surface area contributed by atoms with Crippen LogP contribution in [-0.4, -0.2) is 35.5 Å². The molecule has 5 nitrogen and oxygen atoms in total.